The summed E-state index contributed by atoms with van der Waals surface area (Å²) in [5, 5.41) is 7.12. The lowest BCUT2D eigenvalue weighted by Gasteiger charge is -2.17. The molecule has 0 saturated heterocycles. The number of hydrogen-bond acceptors (Lipinski definition) is 3. The lowest BCUT2D eigenvalue weighted by atomic mass is 9.97. The predicted molar refractivity (Wildman–Crippen MR) is 236 cm³/mol. The Bertz CT molecular complexity index is 3270. The highest BCUT2D eigenvalue weighted by Gasteiger charge is 2.20. The molecular weight excluding hydrogens is 693 g/mol. The van der Waals surface area contributed by atoms with Gasteiger partial charge in [-0.05, 0) is 74.6 Å². The number of fused-ring (bicyclic) bond motifs is 5. The highest BCUT2D eigenvalue weighted by molar-refractivity contribution is 6.14. The quantitative estimate of drug-likeness (QED) is 0.171. The van der Waals surface area contributed by atoms with Gasteiger partial charge in [-0.2, -0.15) is 0 Å². The third-order valence-electron chi connectivity index (χ3n) is 11.0. The molecule has 11 rings (SSSR count). The van der Waals surface area contributed by atoms with Gasteiger partial charge in [0.2, 0.25) is 0 Å². The largest absolute Gasteiger partial charge is 0.309 e. The Balaban J connectivity index is 1.17. The summed E-state index contributed by atoms with van der Waals surface area (Å²) in [6.07, 6.45) is 0. The third-order valence-corrected chi connectivity index (χ3v) is 11.0. The predicted octanol–water partition coefficient (Wildman–Crippen LogP) is 13.6. The first-order valence-electron chi connectivity index (χ1n) is 19.3. The zero-order chi connectivity index (χ0) is 37.7. The van der Waals surface area contributed by atoms with Crippen molar-refractivity contribution in [2.45, 2.75) is 0 Å². The second-order valence-electron chi connectivity index (χ2n) is 14.4. The van der Waals surface area contributed by atoms with Crippen LogP contribution < -0.4 is 0 Å². The van der Waals surface area contributed by atoms with Crippen LogP contribution in [0.4, 0.5) is 0 Å². The highest BCUT2D eigenvalue weighted by atomic mass is 15.0. The number of hydrogen-bond donors (Lipinski definition) is 0. The third kappa shape index (κ3) is 5.74. The summed E-state index contributed by atoms with van der Waals surface area (Å²) in [6.45, 7) is 0. The fourth-order valence-corrected chi connectivity index (χ4v) is 8.25. The van der Waals surface area contributed by atoms with Crippen molar-refractivity contribution >= 4 is 43.4 Å². The maximum absolute atomic E-state index is 5.24. The van der Waals surface area contributed by atoms with E-state index >= 15 is 0 Å². The topological polar surface area (TPSA) is 43.6 Å². The average molecular weight is 727 g/mol. The Morgan fingerprint density at radius 3 is 1.60 bits per heavy atom. The fourth-order valence-electron chi connectivity index (χ4n) is 8.25. The van der Waals surface area contributed by atoms with Crippen molar-refractivity contribution in [1.29, 1.82) is 0 Å². The molecule has 0 aliphatic carbocycles. The van der Waals surface area contributed by atoms with Gasteiger partial charge in [-0.3, -0.25) is 0 Å². The normalized spacial score (nSPS) is 11.5. The zero-order valence-electron chi connectivity index (χ0n) is 30.9. The number of benzene rings is 9. The number of aromatic nitrogens is 4. The van der Waals surface area contributed by atoms with Gasteiger partial charge in [0.05, 0.1) is 16.7 Å². The average Bonchev–Trinajstić information content (AvgIpc) is 3.61. The van der Waals surface area contributed by atoms with E-state index in [2.05, 4.69) is 193 Å². The standard InChI is InChI=1S/C53H34N4/c1-3-14-35(15-4-1)36-26-28-38(29-27-36)46-33-42(30-31-49(46)57-48-25-12-11-23-44(48)47-32-40-19-7-8-20-41(40)34-50(47)57)52-54-51(39-17-5-2-6-18-39)55-53(56-52)45-24-13-21-37-16-9-10-22-43(37)45/h1-34H. The number of para-hydroxylation sites is 1. The second-order valence-corrected chi connectivity index (χ2v) is 14.4. The van der Waals surface area contributed by atoms with E-state index in [0.29, 0.717) is 17.5 Å². The molecule has 0 unspecified atom stereocenters. The summed E-state index contributed by atoms with van der Waals surface area (Å²) < 4.78 is 2.42. The molecule has 0 atom stereocenters. The molecule has 0 bridgehead atoms. The lowest BCUT2D eigenvalue weighted by Crippen LogP contribution is -2.02. The van der Waals surface area contributed by atoms with Crippen LogP contribution in [0.2, 0.25) is 0 Å². The van der Waals surface area contributed by atoms with Crippen molar-refractivity contribution in [3.8, 4) is 62.1 Å². The molecule has 266 valence electrons. The summed E-state index contributed by atoms with van der Waals surface area (Å²) in [4.78, 5) is 15.5. The fraction of sp³-hybridized carbons (Fsp3) is 0. The van der Waals surface area contributed by atoms with E-state index in [-0.39, 0.29) is 0 Å². The molecule has 0 aliphatic rings. The molecule has 0 N–H and O–H groups in total. The number of nitrogens with zero attached hydrogens (tertiary/aromatic N) is 4. The molecule has 0 aliphatic heterocycles. The van der Waals surface area contributed by atoms with Crippen molar-refractivity contribution in [1.82, 2.24) is 19.5 Å². The van der Waals surface area contributed by atoms with Crippen molar-refractivity contribution in [2.75, 3.05) is 0 Å². The molecule has 57 heavy (non-hydrogen) atoms. The monoisotopic (exact) mass is 726 g/mol. The van der Waals surface area contributed by atoms with Crippen LogP contribution in [0.25, 0.3) is 105 Å². The molecule has 2 heterocycles. The summed E-state index contributed by atoms with van der Waals surface area (Å²) in [5.41, 5.74) is 10.8. The van der Waals surface area contributed by atoms with Crippen LogP contribution in [0.5, 0.6) is 0 Å². The first-order chi connectivity index (χ1) is 28.2. The van der Waals surface area contributed by atoms with E-state index in [1.165, 1.54) is 32.7 Å². The van der Waals surface area contributed by atoms with E-state index in [1.807, 2.05) is 18.2 Å². The molecule has 0 spiro atoms. The second kappa shape index (κ2) is 13.6. The van der Waals surface area contributed by atoms with Gasteiger partial charge in [0.15, 0.2) is 17.5 Å². The Morgan fingerprint density at radius 2 is 0.825 bits per heavy atom. The van der Waals surface area contributed by atoms with E-state index in [1.54, 1.807) is 0 Å². The van der Waals surface area contributed by atoms with Gasteiger partial charge in [-0.15, -0.1) is 0 Å². The molecule has 0 saturated carbocycles. The smallest absolute Gasteiger partial charge is 0.164 e. The Morgan fingerprint density at radius 1 is 0.281 bits per heavy atom. The van der Waals surface area contributed by atoms with Crippen molar-refractivity contribution < 1.29 is 0 Å². The molecule has 0 radical (unpaired) electrons. The van der Waals surface area contributed by atoms with Crippen molar-refractivity contribution in [3.05, 3.63) is 206 Å². The Labute approximate surface area is 330 Å². The van der Waals surface area contributed by atoms with Crippen LogP contribution in [-0.2, 0) is 0 Å². The molecule has 0 fully saturated rings. The van der Waals surface area contributed by atoms with Gasteiger partial charge in [0.1, 0.15) is 0 Å². The van der Waals surface area contributed by atoms with Crippen molar-refractivity contribution in [2.24, 2.45) is 0 Å². The molecule has 0 amide bonds. The minimum atomic E-state index is 0.619. The summed E-state index contributed by atoms with van der Waals surface area (Å²) >= 11 is 0. The lowest BCUT2D eigenvalue weighted by molar-refractivity contribution is 1.07. The van der Waals surface area contributed by atoms with E-state index in [9.17, 15) is 0 Å². The Kier molecular flexibility index (Phi) is 7.78. The van der Waals surface area contributed by atoms with Crippen LogP contribution in [0.15, 0.2) is 206 Å². The highest BCUT2D eigenvalue weighted by Crippen LogP contribution is 2.40. The van der Waals surface area contributed by atoms with E-state index in [4.69, 9.17) is 15.0 Å². The zero-order valence-corrected chi connectivity index (χ0v) is 30.9. The molecule has 11 aromatic rings. The van der Waals surface area contributed by atoms with Crippen LogP contribution in [0, 0.1) is 0 Å². The molecule has 4 heteroatoms. The molecular formula is C53H34N4. The molecule has 2 aromatic heterocycles. The molecule has 9 aromatic carbocycles. The molecule has 4 nitrogen and oxygen atoms in total. The van der Waals surface area contributed by atoms with Crippen LogP contribution in [0.1, 0.15) is 0 Å². The Hall–Kier alpha value is -7.69. The van der Waals surface area contributed by atoms with Crippen LogP contribution in [-0.4, -0.2) is 19.5 Å². The SMILES string of the molecule is c1ccc(-c2ccc(-c3cc(-c4nc(-c5ccccc5)nc(-c5cccc6ccccc56)n4)ccc3-n3c4ccccc4c4cc5ccccc5cc43)cc2)cc1. The summed E-state index contributed by atoms with van der Waals surface area (Å²) in [5.74, 6) is 1.90. The van der Waals surface area contributed by atoms with Crippen LogP contribution >= 0.6 is 0 Å². The van der Waals surface area contributed by atoms with E-state index < -0.39 is 0 Å². The maximum Gasteiger partial charge on any atom is 0.164 e. The minimum absolute atomic E-state index is 0.619. The van der Waals surface area contributed by atoms with Gasteiger partial charge in [0.25, 0.3) is 0 Å². The van der Waals surface area contributed by atoms with E-state index in [0.717, 1.165) is 55.3 Å². The van der Waals surface area contributed by atoms with Gasteiger partial charge in [0, 0.05) is 33.0 Å². The first-order valence-corrected chi connectivity index (χ1v) is 19.3. The van der Waals surface area contributed by atoms with Gasteiger partial charge < -0.3 is 4.57 Å². The van der Waals surface area contributed by atoms with Gasteiger partial charge in [-0.25, -0.2) is 15.0 Å². The maximum atomic E-state index is 5.24. The minimum Gasteiger partial charge on any atom is -0.309 e. The van der Waals surface area contributed by atoms with Crippen LogP contribution in [0.3, 0.4) is 0 Å². The first kappa shape index (κ1) is 32.7. The number of rotatable bonds is 6. The summed E-state index contributed by atoms with van der Waals surface area (Å²) in [7, 11) is 0. The summed E-state index contributed by atoms with van der Waals surface area (Å²) in [6, 6.07) is 73.0. The van der Waals surface area contributed by atoms with Crippen molar-refractivity contribution in [3.63, 3.8) is 0 Å². The van der Waals surface area contributed by atoms with Gasteiger partial charge >= 0.3 is 0 Å². The van der Waals surface area contributed by atoms with Gasteiger partial charge in [-0.1, -0.05) is 170 Å².